The van der Waals surface area contributed by atoms with Crippen LogP contribution in [-0.4, -0.2) is 9.97 Å². The molecule has 0 N–H and O–H groups in total. The number of aromatic nitrogens is 2. The highest BCUT2D eigenvalue weighted by atomic mass is 32.2. The number of aryl methyl sites for hydroxylation is 2. The van der Waals surface area contributed by atoms with E-state index in [2.05, 4.69) is 35.9 Å². The lowest BCUT2D eigenvalue weighted by Gasteiger charge is -2.28. The largest absolute Gasteiger partial charge is 0.260 e. The van der Waals surface area contributed by atoms with E-state index in [9.17, 15) is 0 Å². The Labute approximate surface area is 118 Å². The third-order valence-electron chi connectivity index (χ3n) is 3.83. The van der Waals surface area contributed by atoms with Crippen molar-refractivity contribution in [3.8, 4) is 0 Å². The molecule has 98 valence electrons. The van der Waals surface area contributed by atoms with Crippen LogP contribution in [0.3, 0.4) is 0 Å². The summed E-state index contributed by atoms with van der Waals surface area (Å²) in [7, 11) is 0. The molecule has 0 spiro atoms. The van der Waals surface area contributed by atoms with Crippen LogP contribution < -0.4 is 0 Å². The summed E-state index contributed by atoms with van der Waals surface area (Å²) in [5.74, 6) is 0. The Hall–Kier alpha value is -1.35. The number of hydrogen-bond donors (Lipinski definition) is 0. The van der Waals surface area contributed by atoms with Crippen LogP contribution in [0.25, 0.3) is 0 Å². The fraction of sp³-hybridized carbons (Fsp3) is 0.375. The zero-order valence-electron chi connectivity index (χ0n) is 11.4. The van der Waals surface area contributed by atoms with Gasteiger partial charge in [-0.15, -0.1) is 0 Å². The van der Waals surface area contributed by atoms with Gasteiger partial charge in [-0.2, -0.15) is 0 Å². The van der Waals surface area contributed by atoms with Crippen LogP contribution in [0.1, 0.15) is 40.3 Å². The summed E-state index contributed by atoms with van der Waals surface area (Å²) in [5.41, 5.74) is 5.96. The van der Waals surface area contributed by atoms with Crippen molar-refractivity contribution in [2.45, 2.75) is 43.4 Å². The summed E-state index contributed by atoms with van der Waals surface area (Å²) in [4.78, 5) is 8.56. The summed E-state index contributed by atoms with van der Waals surface area (Å²) in [6.07, 6.45) is 9.10. The van der Waals surface area contributed by atoms with Gasteiger partial charge in [0.1, 0.15) is 5.03 Å². The summed E-state index contributed by atoms with van der Waals surface area (Å²) in [6.45, 7) is 4.46. The Morgan fingerprint density at radius 3 is 2.79 bits per heavy atom. The maximum atomic E-state index is 4.40. The second kappa shape index (κ2) is 5.33. The van der Waals surface area contributed by atoms with Crippen LogP contribution in [0.5, 0.6) is 0 Å². The zero-order chi connectivity index (χ0) is 13.2. The van der Waals surface area contributed by atoms with Crippen molar-refractivity contribution in [2.75, 3.05) is 0 Å². The van der Waals surface area contributed by atoms with Crippen molar-refractivity contribution in [3.05, 3.63) is 53.0 Å². The Morgan fingerprint density at radius 1 is 1.16 bits per heavy atom. The van der Waals surface area contributed by atoms with E-state index in [1.165, 1.54) is 30.4 Å². The molecule has 1 unspecified atom stereocenters. The van der Waals surface area contributed by atoms with Gasteiger partial charge in [-0.1, -0.05) is 23.9 Å². The Bertz CT molecular complexity index is 581. The zero-order valence-corrected chi connectivity index (χ0v) is 12.2. The molecule has 0 fully saturated rings. The number of fused-ring (bicyclic) bond motifs is 1. The van der Waals surface area contributed by atoms with E-state index in [1.54, 1.807) is 23.5 Å². The standard InChI is InChI=1S/C16H18N2S/c1-11-6-7-12(2)16-13(11)4-3-5-14(16)19-15-10-17-8-9-18-15/h6-10,14H,3-5H2,1-2H3. The quantitative estimate of drug-likeness (QED) is 0.815. The molecule has 0 bridgehead atoms. The predicted octanol–water partition coefficient (Wildman–Crippen LogP) is 4.26. The Morgan fingerprint density at radius 2 is 2.00 bits per heavy atom. The van der Waals surface area contributed by atoms with Gasteiger partial charge in [0.15, 0.2) is 0 Å². The number of hydrogen-bond acceptors (Lipinski definition) is 3. The molecule has 1 atom stereocenters. The molecule has 0 saturated heterocycles. The first-order valence-corrected chi connectivity index (χ1v) is 7.65. The maximum Gasteiger partial charge on any atom is 0.115 e. The fourth-order valence-corrected chi connectivity index (χ4v) is 4.15. The normalized spacial score (nSPS) is 18.1. The molecule has 0 radical (unpaired) electrons. The highest BCUT2D eigenvalue weighted by Gasteiger charge is 2.24. The number of rotatable bonds is 2. The lowest BCUT2D eigenvalue weighted by molar-refractivity contribution is 0.666. The van der Waals surface area contributed by atoms with E-state index in [-0.39, 0.29) is 0 Å². The molecule has 1 aromatic heterocycles. The van der Waals surface area contributed by atoms with E-state index in [0.717, 1.165) is 5.03 Å². The Kier molecular flexibility index (Phi) is 3.56. The lowest BCUT2D eigenvalue weighted by Crippen LogP contribution is -2.11. The molecule has 1 heterocycles. The second-order valence-electron chi connectivity index (χ2n) is 5.13. The first-order valence-electron chi connectivity index (χ1n) is 6.77. The van der Waals surface area contributed by atoms with Gasteiger partial charge in [0.25, 0.3) is 0 Å². The summed E-state index contributed by atoms with van der Waals surface area (Å²) in [5, 5.41) is 1.56. The highest BCUT2D eigenvalue weighted by molar-refractivity contribution is 7.99. The van der Waals surface area contributed by atoms with Gasteiger partial charge in [0.05, 0.1) is 6.20 Å². The second-order valence-corrected chi connectivity index (χ2v) is 6.36. The lowest BCUT2D eigenvalue weighted by atomic mass is 9.85. The summed E-state index contributed by atoms with van der Waals surface area (Å²) in [6, 6.07) is 4.51. The molecule has 0 amide bonds. The van der Waals surface area contributed by atoms with Gasteiger partial charge in [-0.3, -0.25) is 4.98 Å². The SMILES string of the molecule is Cc1ccc(C)c2c1CCCC2Sc1cnccn1. The van der Waals surface area contributed by atoms with Crippen LogP contribution in [0, 0.1) is 13.8 Å². The molecule has 0 aliphatic heterocycles. The topological polar surface area (TPSA) is 25.8 Å². The van der Waals surface area contributed by atoms with Crippen LogP contribution in [0.15, 0.2) is 35.7 Å². The first-order chi connectivity index (χ1) is 9.25. The van der Waals surface area contributed by atoms with Gasteiger partial charge in [-0.25, -0.2) is 4.98 Å². The van der Waals surface area contributed by atoms with Crippen molar-refractivity contribution in [1.29, 1.82) is 0 Å². The van der Waals surface area contributed by atoms with Crippen molar-refractivity contribution in [3.63, 3.8) is 0 Å². The van der Waals surface area contributed by atoms with Gasteiger partial charge in [-0.05, 0) is 55.4 Å². The third kappa shape index (κ3) is 2.52. The smallest absolute Gasteiger partial charge is 0.115 e. The summed E-state index contributed by atoms with van der Waals surface area (Å²) >= 11 is 1.86. The highest BCUT2D eigenvalue weighted by Crippen LogP contribution is 2.44. The molecule has 1 aromatic carbocycles. The van der Waals surface area contributed by atoms with Crippen molar-refractivity contribution >= 4 is 11.8 Å². The van der Waals surface area contributed by atoms with E-state index in [4.69, 9.17) is 0 Å². The van der Waals surface area contributed by atoms with Gasteiger partial charge in [0.2, 0.25) is 0 Å². The minimum atomic E-state index is 0.528. The van der Waals surface area contributed by atoms with E-state index in [0.29, 0.717) is 5.25 Å². The van der Waals surface area contributed by atoms with Crippen LogP contribution in [-0.2, 0) is 6.42 Å². The maximum absolute atomic E-state index is 4.40. The average Bonchev–Trinajstić information content (AvgIpc) is 2.44. The molecular weight excluding hydrogens is 252 g/mol. The number of benzene rings is 1. The molecular formula is C16H18N2S. The first kappa shape index (κ1) is 12.7. The predicted molar refractivity (Wildman–Crippen MR) is 79.5 cm³/mol. The molecule has 0 saturated carbocycles. The third-order valence-corrected chi connectivity index (χ3v) is 5.04. The fourth-order valence-electron chi connectivity index (χ4n) is 2.89. The van der Waals surface area contributed by atoms with E-state index in [1.807, 2.05) is 18.0 Å². The van der Waals surface area contributed by atoms with Crippen LogP contribution in [0.2, 0.25) is 0 Å². The number of thioether (sulfide) groups is 1. The molecule has 2 nitrogen and oxygen atoms in total. The minimum absolute atomic E-state index is 0.528. The van der Waals surface area contributed by atoms with Crippen molar-refractivity contribution in [1.82, 2.24) is 9.97 Å². The van der Waals surface area contributed by atoms with Gasteiger partial charge in [0, 0.05) is 17.6 Å². The van der Waals surface area contributed by atoms with Gasteiger partial charge < -0.3 is 0 Å². The van der Waals surface area contributed by atoms with Crippen LogP contribution in [0.4, 0.5) is 0 Å². The van der Waals surface area contributed by atoms with Crippen molar-refractivity contribution < 1.29 is 0 Å². The van der Waals surface area contributed by atoms with Crippen molar-refractivity contribution in [2.24, 2.45) is 0 Å². The Balaban J connectivity index is 1.96. The molecule has 19 heavy (non-hydrogen) atoms. The molecule has 1 aliphatic rings. The van der Waals surface area contributed by atoms with Gasteiger partial charge >= 0.3 is 0 Å². The number of nitrogens with zero attached hydrogens (tertiary/aromatic N) is 2. The summed E-state index contributed by atoms with van der Waals surface area (Å²) < 4.78 is 0. The minimum Gasteiger partial charge on any atom is -0.260 e. The molecule has 1 aliphatic carbocycles. The van der Waals surface area contributed by atoms with E-state index < -0.39 is 0 Å². The molecule has 3 rings (SSSR count). The average molecular weight is 270 g/mol. The monoisotopic (exact) mass is 270 g/mol. The molecule has 2 aromatic rings. The molecule has 3 heteroatoms. The van der Waals surface area contributed by atoms with E-state index >= 15 is 0 Å². The van der Waals surface area contributed by atoms with Crippen LogP contribution >= 0.6 is 11.8 Å².